The van der Waals surface area contributed by atoms with Crippen molar-refractivity contribution in [1.82, 2.24) is 0 Å². The summed E-state index contributed by atoms with van der Waals surface area (Å²) in [4.78, 5) is 10.8. The molecule has 0 radical (unpaired) electrons. The van der Waals surface area contributed by atoms with Crippen LogP contribution in [0, 0.1) is 0 Å². The van der Waals surface area contributed by atoms with Crippen molar-refractivity contribution in [3.05, 3.63) is 63.6 Å². The molecule has 2 rings (SSSR count). The van der Waals surface area contributed by atoms with E-state index in [0.29, 0.717) is 21.3 Å². The highest BCUT2D eigenvalue weighted by molar-refractivity contribution is 6.43. The molecule has 0 spiro atoms. The molecular weight excluding hydrogens is 299 g/mol. The topological polar surface area (TPSA) is 61.7 Å². The normalized spacial score (nSPS) is 10.7. The van der Waals surface area contributed by atoms with Gasteiger partial charge in [-0.15, -0.1) is 0 Å². The van der Waals surface area contributed by atoms with Crippen molar-refractivity contribution in [2.24, 2.45) is 5.10 Å². The van der Waals surface area contributed by atoms with Crippen LogP contribution in [0.3, 0.4) is 0 Å². The maximum absolute atomic E-state index is 10.8. The second kappa shape index (κ2) is 6.41. The van der Waals surface area contributed by atoms with E-state index in [4.69, 9.17) is 28.3 Å². The van der Waals surface area contributed by atoms with Crippen molar-refractivity contribution in [1.29, 1.82) is 0 Å². The Morgan fingerprint density at radius 2 is 1.95 bits per heavy atom. The van der Waals surface area contributed by atoms with Gasteiger partial charge in [-0.3, -0.25) is 5.43 Å². The standard InChI is InChI=1S/C14H10Cl2N2O2/c15-12-6-2-4-10(13(12)16)8-17-18-11-5-1-3-9(7-11)14(19)20/h1-8,18H,(H,19,20). The van der Waals surface area contributed by atoms with Crippen molar-refractivity contribution in [3.63, 3.8) is 0 Å². The fraction of sp³-hybridized carbons (Fsp3) is 0. The average Bonchev–Trinajstić information content (AvgIpc) is 2.44. The lowest BCUT2D eigenvalue weighted by molar-refractivity contribution is 0.0697. The number of carbonyl (C=O) groups is 1. The number of hydrogen-bond donors (Lipinski definition) is 2. The summed E-state index contributed by atoms with van der Waals surface area (Å²) in [5.41, 5.74) is 4.16. The van der Waals surface area contributed by atoms with Crippen LogP contribution in [0.15, 0.2) is 47.6 Å². The van der Waals surface area contributed by atoms with Crippen molar-refractivity contribution in [2.45, 2.75) is 0 Å². The van der Waals surface area contributed by atoms with Crippen LogP contribution in [0.1, 0.15) is 15.9 Å². The van der Waals surface area contributed by atoms with Gasteiger partial charge < -0.3 is 5.11 Å². The first-order valence-corrected chi connectivity index (χ1v) is 6.40. The molecule has 102 valence electrons. The monoisotopic (exact) mass is 308 g/mol. The summed E-state index contributed by atoms with van der Waals surface area (Å²) in [6.07, 6.45) is 1.52. The van der Waals surface area contributed by atoms with E-state index in [1.54, 1.807) is 30.3 Å². The zero-order valence-corrected chi connectivity index (χ0v) is 11.7. The minimum atomic E-state index is -0.990. The number of anilines is 1. The zero-order valence-electron chi connectivity index (χ0n) is 10.2. The Morgan fingerprint density at radius 3 is 2.70 bits per heavy atom. The molecule has 0 saturated heterocycles. The predicted octanol–water partition coefficient (Wildman–Crippen LogP) is 4.14. The maximum Gasteiger partial charge on any atom is 0.335 e. The first-order chi connectivity index (χ1) is 9.58. The third kappa shape index (κ3) is 3.50. The predicted molar refractivity (Wildman–Crippen MR) is 81.1 cm³/mol. The lowest BCUT2D eigenvalue weighted by Crippen LogP contribution is -1.97. The Balaban J connectivity index is 2.12. The van der Waals surface area contributed by atoms with Crippen LogP contribution < -0.4 is 5.43 Å². The summed E-state index contributed by atoms with van der Waals surface area (Å²) in [6.45, 7) is 0. The molecule has 0 bridgehead atoms. The van der Waals surface area contributed by atoms with E-state index in [9.17, 15) is 4.79 Å². The van der Waals surface area contributed by atoms with Gasteiger partial charge in [-0.05, 0) is 24.3 Å². The minimum absolute atomic E-state index is 0.186. The van der Waals surface area contributed by atoms with E-state index in [-0.39, 0.29) is 5.56 Å². The largest absolute Gasteiger partial charge is 0.478 e. The molecule has 2 aromatic carbocycles. The molecule has 0 fully saturated rings. The van der Waals surface area contributed by atoms with Crippen molar-refractivity contribution < 1.29 is 9.90 Å². The van der Waals surface area contributed by atoms with Crippen LogP contribution in [-0.4, -0.2) is 17.3 Å². The van der Waals surface area contributed by atoms with E-state index in [0.717, 1.165) is 0 Å². The number of nitrogens with zero attached hydrogens (tertiary/aromatic N) is 1. The highest BCUT2D eigenvalue weighted by Crippen LogP contribution is 2.24. The van der Waals surface area contributed by atoms with Gasteiger partial charge in [0.1, 0.15) is 0 Å². The Morgan fingerprint density at radius 1 is 1.20 bits per heavy atom. The average molecular weight is 309 g/mol. The summed E-state index contributed by atoms with van der Waals surface area (Å²) in [5.74, 6) is -0.990. The number of nitrogens with one attached hydrogen (secondary N) is 1. The number of hydrogen-bond acceptors (Lipinski definition) is 3. The van der Waals surface area contributed by atoms with Gasteiger partial charge >= 0.3 is 5.97 Å². The van der Waals surface area contributed by atoms with Gasteiger partial charge in [-0.1, -0.05) is 41.4 Å². The SMILES string of the molecule is O=C(O)c1cccc(NN=Cc2cccc(Cl)c2Cl)c1. The number of aromatic carboxylic acids is 1. The number of hydrazone groups is 1. The number of carboxylic acids is 1. The van der Waals surface area contributed by atoms with Crippen LogP contribution in [0.25, 0.3) is 0 Å². The minimum Gasteiger partial charge on any atom is -0.478 e. The van der Waals surface area contributed by atoms with Gasteiger partial charge in [-0.25, -0.2) is 4.79 Å². The molecule has 6 heteroatoms. The third-order valence-electron chi connectivity index (χ3n) is 2.49. The van der Waals surface area contributed by atoms with Gasteiger partial charge in [0.15, 0.2) is 0 Å². The third-order valence-corrected chi connectivity index (χ3v) is 3.32. The maximum atomic E-state index is 10.8. The molecule has 0 aliphatic rings. The molecule has 2 aromatic rings. The van der Waals surface area contributed by atoms with E-state index in [1.165, 1.54) is 18.3 Å². The fourth-order valence-corrected chi connectivity index (χ4v) is 1.87. The lowest BCUT2D eigenvalue weighted by atomic mass is 10.2. The molecule has 0 saturated carbocycles. The van der Waals surface area contributed by atoms with Gasteiger partial charge in [0.2, 0.25) is 0 Å². The molecule has 4 nitrogen and oxygen atoms in total. The number of halogens is 2. The molecule has 0 heterocycles. The van der Waals surface area contributed by atoms with Crippen LogP contribution in [0.5, 0.6) is 0 Å². The first kappa shape index (κ1) is 14.4. The molecule has 0 unspecified atom stereocenters. The summed E-state index contributed by atoms with van der Waals surface area (Å²) < 4.78 is 0. The van der Waals surface area contributed by atoms with Crippen molar-refractivity contribution in [3.8, 4) is 0 Å². The summed E-state index contributed by atoms with van der Waals surface area (Å²) in [7, 11) is 0. The molecule has 0 aliphatic carbocycles. The van der Waals surface area contributed by atoms with Gasteiger partial charge in [-0.2, -0.15) is 5.10 Å². The smallest absolute Gasteiger partial charge is 0.335 e. The van der Waals surface area contributed by atoms with E-state index < -0.39 is 5.97 Å². The van der Waals surface area contributed by atoms with Crippen molar-refractivity contribution >= 4 is 41.1 Å². The fourth-order valence-electron chi connectivity index (χ4n) is 1.52. The lowest BCUT2D eigenvalue weighted by Gasteiger charge is -2.02. The molecule has 0 amide bonds. The van der Waals surface area contributed by atoms with E-state index in [1.807, 2.05) is 0 Å². The summed E-state index contributed by atoms with van der Waals surface area (Å²) >= 11 is 11.9. The second-order valence-electron chi connectivity index (χ2n) is 3.90. The van der Waals surface area contributed by atoms with Gasteiger partial charge in [0, 0.05) is 5.56 Å². The molecule has 20 heavy (non-hydrogen) atoms. The van der Waals surface area contributed by atoms with Crippen LogP contribution in [-0.2, 0) is 0 Å². The van der Waals surface area contributed by atoms with E-state index >= 15 is 0 Å². The quantitative estimate of drug-likeness (QED) is 0.659. The molecular formula is C14H10Cl2N2O2. The Kier molecular flexibility index (Phi) is 4.61. The molecule has 0 aliphatic heterocycles. The van der Waals surface area contributed by atoms with Crippen LogP contribution >= 0.6 is 23.2 Å². The van der Waals surface area contributed by atoms with Gasteiger partial charge in [0.05, 0.1) is 27.5 Å². The highest BCUT2D eigenvalue weighted by atomic mass is 35.5. The van der Waals surface area contributed by atoms with Crippen LogP contribution in [0.2, 0.25) is 10.0 Å². The summed E-state index contributed by atoms with van der Waals surface area (Å²) in [5, 5.41) is 13.7. The molecule has 2 N–H and O–H groups in total. The number of carboxylic acid groups (broad SMARTS) is 1. The first-order valence-electron chi connectivity index (χ1n) is 5.64. The molecule has 0 atom stereocenters. The Labute approximate surface area is 125 Å². The second-order valence-corrected chi connectivity index (χ2v) is 4.68. The Bertz CT molecular complexity index is 672. The number of rotatable bonds is 4. The van der Waals surface area contributed by atoms with Gasteiger partial charge in [0.25, 0.3) is 0 Å². The number of benzene rings is 2. The van der Waals surface area contributed by atoms with Crippen LogP contribution in [0.4, 0.5) is 5.69 Å². The molecule has 0 aromatic heterocycles. The van der Waals surface area contributed by atoms with Crippen molar-refractivity contribution in [2.75, 3.05) is 5.43 Å². The highest BCUT2D eigenvalue weighted by Gasteiger charge is 2.03. The summed E-state index contributed by atoms with van der Waals surface area (Å²) in [6, 6.07) is 11.6. The van der Waals surface area contributed by atoms with E-state index in [2.05, 4.69) is 10.5 Å². The zero-order chi connectivity index (χ0) is 14.5. The Hall–Kier alpha value is -2.04.